The average Bonchev–Trinajstić information content (AvgIpc) is 2.54. The average molecular weight is 304 g/mol. The molecule has 0 saturated carbocycles. The van der Waals surface area contributed by atoms with Gasteiger partial charge in [-0.05, 0) is 43.2 Å². The molecular weight excluding hydrogens is 276 g/mol. The van der Waals surface area contributed by atoms with Crippen molar-refractivity contribution in [1.82, 2.24) is 10.3 Å². The highest BCUT2D eigenvalue weighted by molar-refractivity contribution is 5.79. The Labute approximate surface area is 133 Å². The Morgan fingerprint density at radius 1 is 1.32 bits per heavy atom. The van der Waals surface area contributed by atoms with E-state index in [1.54, 1.807) is 6.20 Å². The summed E-state index contributed by atoms with van der Waals surface area (Å²) < 4.78 is 5.39. The molecule has 1 saturated heterocycles. The Balaban J connectivity index is 2.01. The molecule has 1 aromatic rings. The molecule has 122 valence electrons. The highest BCUT2D eigenvalue weighted by Gasteiger charge is 2.28. The van der Waals surface area contributed by atoms with Gasteiger partial charge < -0.3 is 10.1 Å². The van der Waals surface area contributed by atoms with Gasteiger partial charge in [-0.15, -0.1) is 0 Å². The molecular formula is C18H28N2O2. The first kappa shape index (κ1) is 16.9. The maximum Gasteiger partial charge on any atom is 0.223 e. The van der Waals surface area contributed by atoms with Crippen LogP contribution in [0.15, 0.2) is 24.4 Å². The zero-order chi connectivity index (χ0) is 15.9. The number of hydrogen-bond acceptors (Lipinski definition) is 3. The summed E-state index contributed by atoms with van der Waals surface area (Å²) in [5.41, 5.74) is 0.948. The minimum Gasteiger partial charge on any atom is -0.381 e. The van der Waals surface area contributed by atoms with E-state index in [4.69, 9.17) is 4.74 Å². The van der Waals surface area contributed by atoms with Crippen LogP contribution in [0.1, 0.15) is 51.8 Å². The summed E-state index contributed by atoms with van der Waals surface area (Å²) in [4.78, 5) is 17.1. The fraction of sp³-hybridized carbons (Fsp3) is 0.667. The Bertz CT molecular complexity index is 455. The Morgan fingerprint density at radius 2 is 2.05 bits per heavy atom. The van der Waals surface area contributed by atoms with Gasteiger partial charge in [-0.3, -0.25) is 9.78 Å². The van der Waals surface area contributed by atoms with Gasteiger partial charge in [0.15, 0.2) is 0 Å². The van der Waals surface area contributed by atoms with Gasteiger partial charge in [0.2, 0.25) is 5.91 Å². The number of rotatable bonds is 6. The summed E-state index contributed by atoms with van der Waals surface area (Å²) in [6.07, 6.45) is 4.65. The maximum absolute atomic E-state index is 12.6. The van der Waals surface area contributed by atoms with E-state index in [-0.39, 0.29) is 17.9 Å². The van der Waals surface area contributed by atoms with E-state index in [1.807, 2.05) is 25.1 Å². The molecule has 2 atom stereocenters. The topological polar surface area (TPSA) is 51.2 Å². The predicted molar refractivity (Wildman–Crippen MR) is 87.3 cm³/mol. The van der Waals surface area contributed by atoms with Crippen molar-refractivity contribution in [3.8, 4) is 0 Å². The number of ether oxygens (including phenoxy) is 1. The number of aromatic nitrogens is 1. The standard InChI is InChI=1S/C18H28N2O2/c1-13(2)12-17(16-6-4-5-9-19-16)20-18(21)14(3)15-7-10-22-11-8-15/h4-6,9,13-15,17H,7-8,10-12H2,1-3H3,(H,20,21)/t14-,17-/m1/s1. The first-order valence-corrected chi connectivity index (χ1v) is 8.37. The molecule has 1 aromatic heterocycles. The largest absolute Gasteiger partial charge is 0.381 e. The van der Waals surface area contributed by atoms with Crippen LogP contribution in [0.3, 0.4) is 0 Å². The molecule has 0 radical (unpaired) electrons. The fourth-order valence-corrected chi connectivity index (χ4v) is 3.04. The van der Waals surface area contributed by atoms with Crippen LogP contribution in [0.25, 0.3) is 0 Å². The van der Waals surface area contributed by atoms with Gasteiger partial charge in [0.05, 0.1) is 11.7 Å². The lowest BCUT2D eigenvalue weighted by molar-refractivity contribution is -0.128. The monoisotopic (exact) mass is 304 g/mol. The quantitative estimate of drug-likeness (QED) is 0.877. The third-order valence-electron chi connectivity index (χ3n) is 4.46. The molecule has 0 bridgehead atoms. The van der Waals surface area contributed by atoms with Gasteiger partial charge in [0, 0.05) is 25.3 Å². The summed E-state index contributed by atoms with van der Waals surface area (Å²) in [7, 11) is 0. The van der Waals surface area contributed by atoms with Crippen molar-refractivity contribution in [2.75, 3.05) is 13.2 Å². The molecule has 2 rings (SSSR count). The smallest absolute Gasteiger partial charge is 0.223 e. The van der Waals surface area contributed by atoms with E-state index >= 15 is 0 Å². The number of hydrogen-bond donors (Lipinski definition) is 1. The highest BCUT2D eigenvalue weighted by atomic mass is 16.5. The molecule has 1 aliphatic heterocycles. The number of nitrogens with one attached hydrogen (secondary N) is 1. The second kappa shape index (κ2) is 8.28. The van der Waals surface area contributed by atoms with E-state index in [0.29, 0.717) is 11.8 Å². The zero-order valence-corrected chi connectivity index (χ0v) is 13.9. The molecule has 0 unspecified atom stereocenters. The minimum absolute atomic E-state index is 0.00371. The Kier molecular flexibility index (Phi) is 6.37. The van der Waals surface area contributed by atoms with Gasteiger partial charge in [0.25, 0.3) is 0 Å². The maximum atomic E-state index is 12.6. The van der Waals surface area contributed by atoms with Crippen molar-refractivity contribution in [3.05, 3.63) is 30.1 Å². The minimum atomic E-state index is -0.00371. The normalized spacial score (nSPS) is 18.9. The van der Waals surface area contributed by atoms with Crippen molar-refractivity contribution < 1.29 is 9.53 Å². The van der Waals surface area contributed by atoms with Crippen LogP contribution in [0.4, 0.5) is 0 Å². The van der Waals surface area contributed by atoms with Crippen molar-refractivity contribution in [2.24, 2.45) is 17.8 Å². The van der Waals surface area contributed by atoms with Crippen LogP contribution in [-0.2, 0) is 9.53 Å². The van der Waals surface area contributed by atoms with Crippen molar-refractivity contribution in [1.29, 1.82) is 0 Å². The molecule has 1 amide bonds. The van der Waals surface area contributed by atoms with Crippen molar-refractivity contribution in [2.45, 2.75) is 46.1 Å². The molecule has 1 aliphatic rings. The lowest BCUT2D eigenvalue weighted by Crippen LogP contribution is -2.38. The van der Waals surface area contributed by atoms with Crippen LogP contribution < -0.4 is 5.32 Å². The van der Waals surface area contributed by atoms with E-state index in [2.05, 4.69) is 24.1 Å². The number of pyridine rings is 1. The molecule has 22 heavy (non-hydrogen) atoms. The summed E-state index contributed by atoms with van der Waals surface area (Å²) in [6, 6.07) is 5.87. The molecule has 1 fully saturated rings. The first-order chi connectivity index (χ1) is 10.6. The lowest BCUT2D eigenvalue weighted by atomic mass is 9.86. The predicted octanol–water partition coefficient (Wildman–Crippen LogP) is 3.35. The number of carbonyl (C=O) groups is 1. The summed E-state index contributed by atoms with van der Waals surface area (Å²) in [5, 5.41) is 3.22. The van der Waals surface area contributed by atoms with Gasteiger partial charge in [-0.2, -0.15) is 0 Å². The molecule has 0 spiro atoms. The second-order valence-electron chi connectivity index (χ2n) is 6.68. The summed E-state index contributed by atoms with van der Waals surface area (Å²) in [5.74, 6) is 1.10. The van der Waals surface area contributed by atoms with Crippen LogP contribution in [0.2, 0.25) is 0 Å². The zero-order valence-electron chi connectivity index (χ0n) is 13.9. The third kappa shape index (κ3) is 4.80. The van der Waals surface area contributed by atoms with Crippen LogP contribution in [0, 0.1) is 17.8 Å². The molecule has 4 nitrogen and oxygen atoms in total. The molecule has 2 heterocycles. The SMILES string of the molecule is CC(C)C[C@@H](NC(=O)[C@H](C)C1CCOCC1)c1ccccn1. The van der Waals surface area contributed by atoms with Gasteiger partial charge in [0.1, 0.15) is 0 Å². The molecule has 0 aliphatic carbocycles. The van der Waals surface area contributed by atoms with Crippen molar-refractivity contribution in [3.63, 3.8) is 0 Å². The first-order valence-electron chi connectivity index (χ1n) is 8.37. The van der Waals surface area contributed by atoms with E-state index in [1.165, 1.54) is 0 Å². The molecule has 4 heteroatoms. The number of carbonyl (C=O) groups excluding carboxylic acids is 1. The summed E-state index contributed by atoms with van der Waals surface area (Å²) in [6.45, 7) is 7.93. The second-order valence-corrected chi connectivity index (χ2v) is 6.68. The fourth-order valence-electron chi connectivity index (χ4n) is 3.04. The third-order valence-corrected chi connectivity index (χ3v) is 4.46. The van der Waals surface area contributed by atoms with Crippen molar-refractivity contribution >= 4 is 5.91 Å². The van der Waals surface area contributed by atoms with E-state index < -0.39 is 0 Å². The van der Waals surface area contributed by atoms with Crippen LogP contribution in [-0.4, -0.2) is 24.1 Å². The summed E-state index contributed by atoms with van der Waals surface area (Å²) >= 11 is 0. The highest BCUT2D eigenvalue weighted by Crippen LogP contribution is 2.26. The molecule has 1 N–H and O–H groups in total. The number of amides is 1. The lowest BCUT2D eigenvalue weighted by Gasteiger charge is -2.29. The Morgan fingerprint density at radius 3 is 2.64 bits per heavy atom. The molecule has 0 aromatic carbocycles. The van der Waals surface area contributed by atoms with Gasteiger partial charge in [-0.25, -0.2) is 0 Å². The van der Waals surface area contributed by atoms with Crippen LogP contribution in [0.5, 0.6) is 0 Å². The Hall–Kier alpha value is -1.42. The van der Waals surface area contributed by atoms with E-state index in [0.717, 1.165) is 38.2 Å². The van der Waals surface area contributed by atoms with E-state index in [9.17, 15) is 4.79 Å². The van der Waals surface area contributed by atoms with Gasteiger partial charge >= 0.3 is 0 Å². The van der Waals surface area contributed by atoms with Crippen LogP contribution >= 0.6 is 0 Å². The van der Waals surface area contributed by atoms with Gasteiger partial charge in [-0.1, -0.05) is 26.8 Å². The number of nitrogens with zero attached hydrogens (tertiary/aromatic N) is 1.